The van der Waals surface area contributed by atoms with Crippen LogP contribution in [0, 0.1) is 11.8 Å². The number of ether oxygens (including phenoxy) is 6. The van der Waals surface area contributed by atoms with Gasteiger partial charge in [0.15, 0.2) is 29.1 Å². The first-order valence-electron chi connectivity index (χ1n) is 15.9. The van der Waals surface area contributed by atoms with Crippen molar-refractivity contribution < 1.29 is 51.9 Å². The number of aromatic nitrogens is 4. The molecule has 4 N–H and O–H groups in total. The fraction of sp³-hybridized carbons (Fsp3) is 0.724. The molecule has 2 aliphatic rings. The van der Waals surface area contributed by atoms with Gasteiger partial charge < -0.3 is 38.7 Å². The van der Waals surface area contributed by atoms with Crippen molar-refractivity contribution in [3.8, 4) is 5.88 Å². The van der Waals surface area contributed by atoms with E-state index >= 15 is 0 Å². The molecule has 2 fully saturated rings. The van der Waals surface area contributed by atoms with Crippen LogP contribution in [0.2, 0.25) is 0 Å². The highest BCUT2D eigenvalue weighted by Crippen LogP contribution is 2.49. The largest absolute Gasteiger partial charge is 0.509 e. The van der Waals surface area contributed by atoms with E-state index in [2.05, 4.69) is 25.1 Å². The molecule has 0 bridgehead atoms. The van der Waals surface area contributed by atoms with Crippen LogP contribution in [-0.2, 0) is 42.4 Å². The average molecular weight is 700 g/mol. The van der Waals surface area contributed by atoms with Crippen molar-refractivity contribution in [1.29, 1.82) is 0 Å². The summed E-state index contributed by atoms with van der Waals surface area (Å²) in [5, 5.41) is 5.63. The van der Waals surface area contributed by atoms with Crippen LogP contribution in [0.3, 0.4) is 0 Å². The third kappa shape index (κ3) is 8.17. The molecule has 0 radical (unpaired) electrons. The van der Waals surface area contributed by atoms with Crippen LogP contribution in [0.1, 0.15) is 67.5 Å². The summed E-state index contributed by atoms with van der Waals surface area (Å²) >= 11 is 0. The summed E-state index contributed by atoms with van der Waals surface area (Å²) in [6, 6.07) is -2.12. The number of nitrogens with two attached hydrogens (primary N) is 1. The molecule has 2 aromatic rings. The van der Waals surface area contributed by atoms with Crippen molar-refractivity contribution in [3.05, 3.63) is 6.33 Å². The Balaban J connectivity index is 1.68. The summed E-state index contributed by atoms with van der Waals surface area (Å²) in [4.78, 5) is 51.1. The van der Waals surface area contributed by atoms with Crippen LogP contribution in [0.5, 0.6) is 5.88 Å². The molecular formula is C29H46N7O11P. The quantitative estimate of drug-likeness (QED) is 0.122. The van der Waals surface area contributed by atoms with Gasteiger partial charge in [-0.25, -0.2) is 20.0 Å². The molecule has 2 aliphatic heterocycles. The first-order chi connectivity index (χ1) is 22.6. The second kappa shape index (κ2) is 15.3. The van der Waals surface area contributed by atoms with Gasteiger partial charge in [-0.2, -0.15) is 9.97 Å². The average Bonchev–Trinajstić information content (AvgIpc) is 3.63. The van der Waals surface area contributed by atoms with E-state index in [9.17, 15) is 18.9 Å². The molecule has 19 heteroatoms. The lowest BCUT2D eigenvalue weighted by Crippen LogP contribution is -2.46. The normalized spacial score (nSPS) is 24.5. The lowest BCUT2D eigenvalue weighted by molar-refractivity contribution is -0.146. The Hall–Kier alpha value is -3.57. The van der Waals surface area contributed by atoms with E-state index in [4.69, 9.17) is 38.7 Å². The number of imidazole rings is 1. The summed E-state index contributed by atoms with van der Waals surface area (Å²) in [5.41, 5.74) is 5.00. The van der Waals surface area contributed by atoms with Gasteiger partial charge in [0, 0.05) is 0 Å². The second-order valence-electron chi connectivity index (χ2n) is 12.5. The molecule has 6 atom stereocenters. The zero-order valence-corrected chi connectivity index (χ0v) is 29.4. The molecular weight excluding hydrogens is 653 g/mol. The summed E-state index contributed by atoms with van der Waals surface area (Å²) in [6.45, 7) is 12.3. The topological polar surface area (TPSA) is 227 Å². The molecule has 48 heavy (non-hydrogen) atoms. The van der Waals surface area contributed by atoms with Gasteiger partial charge in [0.25, 0.3) is 0 Å². The minimum atomic E-state index is -4.30. The number of carbonyl (C=O) groups is 3. The molecule has 0 aromatic carbocycles. The molecule has 2 saturated heterocycles. The maximum Gasteiger partial charge on any atom is 0.509 e. The minimum absolute atomic E-state index is 0.00645. The minimum Gasteiger partial charge on any atom is -0.479 e. The maximum absolute atomic E-state index is 14.7. The van der Waals surface area contributed by atoms with Crippen molar-refractivity contribution in [2.45, 2.75) is 97.4 Å². The molecule has 0 saturated carbocycles. The van der Waals surface area contributed by atoms with Crippen LogP contribution in [0.4, 0.5) is 10.7 Å². The zero-order chi connectivity index (χ0) is 35.4. The Morgan fingerprint density at radius 2 is 1.65 bits per heavy atom. The molecule has 268 valence electrons. The van der Waals surface area contributed by atoms with E-state index in [0.29, 0.717) is 0 Å². The Morgan fingerprint density at radius 3 is 2.17 bits per heavy atom. The smallest absolute Gasteiger partial charge is 0.479 e. The Labute approximate surface area is 278 Å². The van der Waals surface area contributed by atoms with Crippen LogP contribution >= 0.6 is 7.67 Å². The van der Waals surface area contributed by atoms with Crippen molar-refractivity contribution in [2.24, 2.45) is 11.8 Å². The molecule has 0 aliphatic carbocycles. The van der Waals surface area contributed by atoms with Gasteiger partial charge in [-0.1, -0.05) is 27.7 Å². The SMILES string of the molecule is CCOC(=O)C(CC(C)C)NP(=O)(NC(CC(C)C)C(=O)OCC)OC[C@H]1O[C@@H](n2cnc3c(OC)nc(N)nc32)[C@@]2(C)OC(=O)OC12. The predicted molar refractivity (Wildman–Crippen MR) is 170 cm³/mol. The van der Waals surface area contributed by atoms with E-state index in [1.54, 1.807) is 20.8 Å². The Morgan fingerprint density at radius 1 is 1.06 bits per heavy atom. The van der Waals surface area contributed by atoms with E-state index in [-0.39, 0.29) is 60.9 Å². The van der Waals surface area contributed by atoms with Gasteiger partial charge in [-0.3, -0.25) is 18.7 Å². The van der Waals surface area contributed by atoms with Crippen LogP contribution in [0.25, 0.3) is 11.2 Å². The highest BCUT2D eigenvalue weighted by Gasteiger charge is 2.64. The van der Waals surface area contributed by atoms with Gasteiger partial charge in [-0.15, -0.1) is 0 Å². The molecule has 4 heterocycles. The van der Waals surface area contributed by atoms with E-state index in [1.165, 1.54) is 18.0 Å². The maximum atomic E-state index is 14.7. The number of hydrogen-bond donors (Lipinski definition) is 3. The summed E-state index contributed by atoms with van der Waals surface area (Å²) < 4.78 is 55.5. The highest BCUT2D eigenvalue weighted by molar-refractivity contribution is 7.54. The summed E-state index contributed by atoms with van der Waals surface area (Å²) in [5.74, 6) is -1.25. The second-order valence-corrected chi connectivity index (χ2v) is 14.4. The third-order valence-electron chi connectivity index (χ3n) is 7.70. The van der Waals surface area contributed by atoms with E-state index in [1.807, 2.05) is 27.7 Å². The van der Waals surface area contributed by atoms with Crippen molar-refractivity contribution >= 4 is 42.9 Å². The standard InChI is InChI=1S/C29H46N7O11P/c1-9-42-24(37)17(11-15(3)4)34-48(40,35-18(12-16(5)6)25(38)43-10-2)44-13-19-21-29(7,47-28(39)46-21)26(45-19)36-14-31-20-22(36)32-27(30)33-23(20)41-8/h14-19,21,26H,9-13H2,1-8H3,(H2,30,32,33)(H2,34,35,40)/t17?,18?,19-,21?,26-,29+,48?/m1/s1. The van der Waals surface area contributed by atoms with Crippen molar-refractivity contribution in [1.82, 2.24) is 29.7 Å². The highest BCUT2D eigenvalue weighted by atomic mass is 31.2. The fourth-order valence-electron chi connectivity index (χ4n) is 5.71. The number of fused-ring (bicyclic) bond motifs is 2. The van der Waals surface area contributed by atoms with Crippen LogP contribution < -0.4 is 20.6 Å². The fourth-order valence-corrected chi connectivity index (χ4v) is 7.53. The number of hydrogen-bond acceptors (Lipinski definition) is 15. The Bertz CT molecular complexity index is 1480. The van der Waals surface area contributed by atoms with Gasteiger partial charge in [0.1, 0.15) is 18.2 Å². The van der Waals surface area contributed by atoms with Gasteiger partial charge in [0.2, 0.25) is 11.8 Å². The van der Waals surface area contributed by atoms with Gasteiger partial charge in [0.05, 0.1) is 33.3 Å². The van der Waals surface area contributed by atoms with Crippen molar-refractivity contribution in [2.75, 3.05) is 32.7 Å². The number of nitrogens with zero attached hydrogens (tertiary/aromatic N) is 4. The van der Waals surface area contributed by atoms with Gasteiger partial charge >= 0.3 is 25.8 Å². The number of rotatable bonds is 17. The predicted octanol–water partition coefficient (Wildman–Crippen LogP) is 2.87. The molecule has 3 unspecified atom stereocenters. The number of carbonyl (C=O) groups excluding carboxylic acids is 3. The van der Waals surface area contributed by atoms with Crippen LogP contribution in [0.15, 0.2) is 6.33 Å². The van der Waals surface area contributed by atoms with E-state index in [0.717, 1.165) is 0 Å². The monoisotopic (exact) mass is 699 g/mol. The lowest BCUT2D eigenvalue weighted by Gasteiger charge is -2.30. The number of esters is 2. The van der Waals surface area contributed by atoms with Crippen molar-refractivity contribution in [3.63, 3.8) is 0 Å². The number of anilines is 1. The lowest BCUT2D eigenvalue weighted by atomic mass is 9.96. The molecule has 18 nitrogen and oxygen atoms in total. The number of nitrogen functional groups attached to an aromatic ring is 1. The first-order valence-corrected chi connectivity index (χ1v) is 17.5. The zero-order valence-electron chi connectivity index (χ0n) is 28.5. The molecule has 0 spiro atoms. The molecule has 4 rings (SSSR count). The van der Waals surface area contributed by atoms with Crippen LogP contribution in [-0.4, -0.2) is 94.4 Å². The first kappa shape index (κ1) is 37.3. The third-order valence-corrected chi connectivity index (χ3v) is 9.52. The molecule has 2 aromatic heterocycles. The van der Waals surface area contributed by atoms with Gasteiger partial charge in [-0.05, 0) is 45.4 Å². The Kier molecular flexibility index (Phi) is 11.9. The van der Waals surface area contributed by atoms with E-state index < -0.39 is 68.5 Å². The summed E-state index contributed by atoms with van der Waals surface area (Å²) in [7, 11) is -2.89. The number of nitrogens with one attached hydrogen (secondary N) is 2. The number of methoxy groups -OCH3 is 1. The summed E-state index contributed by atoms with van der Waals surface area (Å²) in [6.07, 6.45) is -2.21. The molecule has 0 amide bonds.